The Morgan fingerprint density at radius 3 is 1.33 bits per heavy atom. The number of imidazole rings is 2. The summed E-state index contributed by atoms with van der Waals surface area (Å²) in [6, 6.07) is 12.4. The topological polar surface area (TPSA) is 92.0 Å². The lowest BCUT2D eigenvalue weighted by Crippen LogP contribution is -2.36. The van der Waals surface area contributed by atoms with Crippen LogP contribution in [0.1, 0.15) is 40.5 Å². The third-order valence-corrected chi connectivity index (χ3v) is 8.51. The van der Waals surface area contributed by atoms with Crippen molar-refractivity contribution in [3.05, 3.63) is 76.0 Å². The van der Waals surface area contributed by atoms with Gasteiger partial charge in [0.05, 0.1) is 65.2 Å². The Morgan fingerprint density at radius 2 is 1.00 bits per heavy atom. The number of anilines is 2. The summed E-state index contributed by atoms with van der Waals surface area (Å²) in [6.07, 6.45) is 10.2. The molecule has 5 rings (SSSR count). The summed E-state index contributed by atoms with van der Waals surface area (Å²) < 4.78 is 19.8. The Kier molecular flexibility index (Phi) is 14.1. The van der Waals surface area contributed by atoms with E-state index in [1.165, 1.54) is 0 Å². The zero-order valence-corrected chi connectivity index (χ0v) is 30.1. The number of nitrogens with zero attached hydrogens (tertiary/aromatic N) is 10. The van der Waals surface area contributed by atoms with Crippen LogP contribution in [0.4, 0.5) is 34.6 Å². The van der Waals surface area contributed by atoms with Crippen LogP contribution < -0.4 is 28.4 Å². The van der Waals surface area contributed by atoms with Gasteiger partial charge in [-0.2, -0.15) is 0 Å². The molecule has 2 aromatic carbocycles. The van der Waals surface area contributed by atoms with Gasteiger partial charge in [-0.25, -0.2) is 18.3 Å². The van der Waals surface area contributed by atoms with E-state index < -0.39 is 0 Å². The summed E-state index contributed by atoms with van der Waals surface area (Å²) in [6.45, 7) is 15.5. The lowest BCUT2D eigenvalue weighted by Gasteiger charge is -2.33. The maximum absolute atomic E-state index is 5.75. The minimum absolute atomic E-state index is 0. The molecule has 0 radical (unpaired) electrons. The van der Waals surface area contributed by atoms with E-state index in [1.54, 1.807) is 14.2 Å². The van der Waals surface area contributed by atoms with E-state index in [-0.39, 0.29) is 14.9 Å². The van der Waals surface area contributed by atoms with Crippen LogP contribution in [0.3, 0.4) is 0 Å². The van der Waals surface area contributed by atoms with Gasteiger partial charge in [-0.3, -0.25) is 0 Å². The number of aromatic nitrogens is 4. The van der Waals surface area contributed by atoms with Gasteiger partial charge in [0.2, 0.25) is 0 Å². The van der Waals surface area contributed by atoms with Crippen LogP contribution in [-0.2, 0) is 26.2 Å². The molecule has 1 aliphatic heterocycles. The van der Waals surface area contributed by atoms with Gasteiger partial charge in [-0.1, -0.05) is 10.2 Å². The number of hydrogen-bond donors (Lipinski definition) is 0. The van der Waals surface area contributed by atoms with Crippen molar-refractivity contribution in [3.63, 3.8) is 0 Å². The second kappa shape index (κ2) is 18.0. The zero-order valence-electron chi connectivity index (χ0n) is 30.1. The minimum atomic E-state index is 0. The van der Waals surface area contributed by atoms with Crippen LogP contribution in [-0.4, -0.2) is 49.5 Å². The molecular weight excluding hydrogens is 604 g/mol. The lowest BCUT2D eigenvalue weighted by atomic mass is 10.1. The third-order valence-electron chi connectivity index (χ3n) is 8.51. The number of benzene rings is 2. The van der Waals surface area contributed by atoms with Crippen molar-refractivity contribution in [2.75, 3.05) is 50.2 Å². The fourth-order valence-corrected chi connectivity index (χ4v) is 5.87. The number of ether oxygens (including phenoxy) is 2. The van der Waals surface area contributed by atoms with Gasteiger partial charge in [-0.05, 0) is 64.8 Å². The first kappa shape index (κ1) is 37.7. The molecule has 1 fully saturated rings. The monoisotopic (exact) mass is 658 g/mol. The molecule has 2 aromatic heterocycles. The van der Waals surface area contributed by atoms with Gasteiger partial charge in [0.15, 0.2) is 0 Å². The number of hydrogen-bond acceptors (Lipinski definition) is 8. The van der Waals surface area contributed by atoms with E-state index in [0.29, 0.717) is 0 Å². The van der Waals surface area contributed by atoms with E-state index in [0.717, 1.165) is 111 Å². The molecule has 0 spiro atoms. The highest BCUT2D eigenvalue weighted by Crippen LogP contribution is 2.35. The summed E-state index contributed by atoms with van der Waals surface area (Å²) in [5.74, 6) is 3.10. The van der Waals surface area contributed by atoms with Crippen molar-refractivity contribution >= 4 is 34.6 Å². The Morgan fingerprint density at radius 1 is 0.604 bits per heavy atom. The van der Waals surface area contributed by atoms with E-state index in [4.69, 9.17) is 9.47 Å². The summed E-state index contributed by atoms with van der Waals surface area (Å²) in [5, 5.41) is 18.3. The smallest absolute Gasteiger partial charge is 0.421 e. The maximum atomic E-state index is 5.75. The third kappa shape index (κ3) is 8.39. The average Bonchev–Trinajstić information content (AvgIpc) is 3.68. The summed E-state index contributed by atoms with van der Waals surface area (Å²) in [4.78, 5) is 4.87. The number of methoxy groups -OCH3 is 2. The van der Waals surface area contributed by atoms with Gasteiger partial charge in [-0.15, -0.1) is 0 Å². The van der Waals surface area contributed by atoms with Crippen molar-refractivity contribution in [2.24, 2.45) is 20.5 Å². The second-order valence-electron chi connectivity index (χ2n) is 11.1. The second-order valence-corrected chi connectivity index (χ2v) is 11.1. The lowest BCUT2D eigenvalue weighted by molar-refractivity contribution is -0.680. The fourth-order valence-electron chi connectivity index (χ4n) is 5.87. The molecule has 0 aliphatic carbocycles. The van der Waals surface area contributed by atoms with Crippen LogP contribution >= 0.6 is 0 Å². The molecule has 0 atom stereocenters. The fraction of sp³-hybridized carbons (Fsp3) is 0.444. The SMILES string of the molecule is CCn1cc[n+](CC)c1N=Nc1ccc(N2CCCN(c3ccc(N=Nc4n(CC)cc[n+]4CC)c(OC)c3)CCC2)cc1OC.[CH3-].[CH3-]. The molecule has 3 heterocycles. The molecule has 12 nitrogen and oxygen atoms in total. The molecule has 12 heteroatoms. The highest BCUT2D eigenvalue weighted by molar-refractivity contribution is 5.63. The first-order valence-corrected chi connectivity index (χ1v) is 16.4. The normalized spacial score (nSPS) is 13.7. The van der Waals surface area contributed by atoms with Gasteiger partial charge in [0, 0.05) is 59.9 Å². The Hall–Kier alpha value is -4.74. The summed E-state index contributed by atoms with van der Waals surface area (Å²) in [7, 11) is 3.38. The standard InChI is InChI=1S/C34H48N10O2.2CH3/c1-7-39-21-22-40(8-2)33(39)37-35-29-15-13-27(25-31(29)45-5)43-17-11-19-44(20-12-18-43)28-14-16-30(32(26-28)46-6)36-38-34-41(9-3)23-24-42(34)10-4;;/h13-16,21-26H,7-12,17-20H2,1-6H3;2*1H3/q+2;2*-1. The molecular formula is C36H54N10O2. The number of azo groups is 2. The van der Waals surface area contributed by atoms with E-state index in [1.807, 2.05) is 36.9 Å². The van der Waals surface area contributed by atoms with Crippen molar-refractivity contribution in [2.45, 2.75) is 66.7 Å². The van der Waals surface area contributed by atoms with E-state index >= 15 is 0 Å². The van der Waals surface area contributed by atoms with Gasteiger partial charge < -0.3 is 34.1 Å². The first-order valence-electron chi connectivity index (χ1n) is 16.4. The molecule has 0 bridgehead atoms. The molecule has 1 saturated heterocycles. The van der Waals surface area contributed by atoms with Crippen LogP contribution in [0.25, 0.3) is 0 Å². The Bertz CT molecular complexity index is 1490. The Labute approximate surface area is 287 Å². The maximum Gasteiger partial charge on any atom is 0.421 e. The van der Waals surface area contributed by atoms with Crippen molar-refractivity contribution < 1.29 is 18.6 Å². The predicted octanol–water partition coefficient (Wildman–Crippen LogP) is 7.80. The highest BCUT2D eigenvalue weighted by Gasteiger charge is 2.20. The molecule has 0 N–H and O–H groups in total. The largest absolute Gasteiger partial charge is 0.494 e. The van der Waals surface area contributed by atoms with Crippen molar-refractivity contribution in [1.82, 2.24) is 9.13 Å². The molecule has 260 valence electrons. The molecule has 1 aliphatic rings. The van der Waals surface area contributed by atoms with Crippen LogP contribution in [0, 0.1) is 14.9 Å². The van der Waals surface area contributed by atoms with Gasteiger partial charge >= 0.3 is 11.9 Å². The van der Waals surface area contributed by atoms with E-state index in [9.17, 15) is 0 Å². The minimum Gasteiger partial charge on any atom is -0.494 e. The number of rotatable bonds is 12. The quantitative estimate of drug-likeness (QED) is 0.0882. The Balaban J connectivity index is 0.00000312. The summed E-state index contributed by atoms with van der Waals surface area (Å²) >= 11 is 0. The van der Waals surface area contributed by atoms with Crippen LogP contribution in [0.5, 0.6) is 11.5 Å². The van der Waals surface area contributed by atoms with Crippen molar-refractivity contribution in [1.29, 1.82) is 0 Å². The van der Waals surface area contributed by atoms with Crippen LogP contribution in [0.15, 0.2) is 81.6 Å². The van der Waals surface area contributed by atoms with Gasteiger partial charge in [0.25, 0.3) is 0 Å². The first-order chi connectivity index (χ1) is 22.5. The van der Waals surface area contributed by atoms with Crippen molar-refractivity contribution in [3.8, 4) is 11.5 Å². The predicted molar refractivity (Wildman–Crippen MR) is 193 cm³/mol. The molecule has 48 heavy (non-hydrogen) atoms. The molecule has 0 amide bonds. The van der Waals surface area contributed by atoms with Gasteiger partial charge in [0.1, 0.15) is 22.9 Å². The summed E-state index contributed by atoms with van der Waals surface area (Å²) in [5.41, 5.74) is 3.72. The highest BCUT2D eigenvalue weighted by atomic mass is 16.5. The molecule has 4 aromatic rings. The zero-order chi connectivity index (χ0) is 32.5. The number of aryl methyl sites for hydroxylation is 4. The molecule has 0 unspecified atom stereocenters. The molecule has 0 saturated carbocycles. The average molecular weight is 659 g/mol. The van der Waals surface area contributed by atoms with Crippen LogP contribution in [0.2, 0.25) is 0 Å². The van der Waals surface area contributed by atoms with E-state index in [2.05, 4.69) is 100 Å².